The fourth-order valence-electron chi connectivity index (χ4n) is 1.60. The van der Waals surface area contributed by atoms with Crippen LogP contribution in [-0.4, -0.2) is 14.3 Å². The second-order valence-corrected chi connectivity index (χ2v) is 6.33. The third-order valence-corrected chi connectivity index (χ3v) is 4.39. The summed E-state index contributed by atoms with van der Waals surface area (Å²) in [5.41, 5.74) is 5.02. The maximum absolute atomic E-state index is 13.1. The van der Waals surface area contributed by atoms with Gasteiger partial charge in [0.25, 0.3) is 10.0 Å². The Balaban J connectivity index is 2.42. The van der Waals surface area contributed by atoms with Gasteiger partial charge in [0, 0.05) is 5.56 Å². The van der Waals surface area contributed by atoms with E-state index >= 15 is 0 Å². The van der Waals surface area contributed by atoms with Crippen LogP contribution in [0.3, 0.4) is 0 Å². The lowest BCUT2D eigenvalue weighted by Crippen LogP contribution is -2.15. The molecule has 2 aromatic carbocycles. The van der Waals surface area contributed by atoms with Crippen molar-refractivity contribution in [1.29, 1.82) is 0 Å². The molecule has 0 bridgehead atoms. The summed E-state index contributed by atoms with van der Waals surface area (Å²) in [7, 11) is -4.21. The van der Waals surface area contributed by atoms with Gasteiger partial charge >= 0.3 is 0 Å². The summed E-state index contributed by atoms with van der Waals surface area (Å²) in [6.45, 7) is 0. The predicted molar refractivity (Wildman–Crippen MR) is 77.1 cm³/mol. The molecule has 2 rings (SSSR count). The average Bonchev–Trinajstić information content (AvgIpc) is 2.43. The van der Waals surface area contributed by atoms with Crippen LogP contribution < -0.4 is 10.5 Å². The second-order valence-electron chi connectivity index (χ2n) is 4.24. The molecule has 0 saturated carbocycles. The van der Waals surface area contributed by atoms with Crippen LogP contribution in [-0.2, 0) is 10.0 Å². The van der Waals surface area contributed by atoms with E-state index in [0.717, 1.165) is 12.1 Å². The number of carbonyl (C=O) groups is 1. The van der Waals surface area contributed by atoms with Crippen molar-refractivity contribution in [3.05, 3.63) is 58.6 Å². The highest BCUT2D eigenvalue weighted by Gasteiger charge is 2.18. The van der Waals surface area contributed by atoms with Gasteiger partial charge in [0.2, 0.25) is 5.91 Å². The van der Waals surface area contributed by atoms with E-state index in [1.165, 1.54) is 12.1 Å². The SMILES string of the molecule is NC(=O)c1ccc(Cl)c(NS(=O)(=O)c2ccc(F)c(F)c2)c1. The van der Waals surface area contributed by atoms with Crippen LogP contribution in [0, 0.1) is 11.6 Å². The highest BCUT2D eigenvalue weighted by Crippen LogP contribution is 2.26. The number of hydrogen-bond donors (Lipinski definition) is 2. The molecule has 9 heteroatoms. The van der Waals surface area contributed by atoms with E-state index in [9.17, 15) is 22.0 Å². The van der Waals surface area contributed by atoms with Crippen molar-refractivity contribution in [1.82, 2.24) is 0 Å². The van der Waals surface area contributed by atoms with Crippen LogP contribution in [0.25, 0.3) is 0 Å². The molecule has 3 N–H and O–H groups in total. The van der Waals surface area contributed by atoms with Crippen LogP contribution in [0.15, 0.2) is 41.3 Å². The van der Waals surface area contributed by atoms with Crippen LogP contribution in [0.4, 0.5) is 14.5 Å². The van der Waals surface area contributed by atoms with Crippen LogP contribution in [0.1, 0.15) is 10.4 Å². The highest BCUT2D eigenvalue weighted by atomic mass is 35.5. The lowest BCUT2D eigenvalue weighted by Gasteiger charge is -2.10. The number of carbonyl (C=O) groups excluding carboxylic acids is 1. The Morgan fingerprint density at radius 1 is 1.09 bits per heavy atom. The molecule has 0 fully saturated rings. The topological polar surface area (TPSA) is 89.3 Å². The molecule has 0 aromatic heterocycles. The largest absolute Gasteiger partial charge is 0.366 e. The molecule has 116 valence electrons. The summed E-state index contributed by atoms with van der Waals surface area (Å²) in [5, 5.41) is 0.0103. The maximum Gasteiger partial charge on any atom is 0.262 e. The minimum atomic E-state index is -4.21. The molecule has 0 heterocycles. The van der Waals surface area contributed by atoms with Crippen LogP contribution in [0.2, 0.25) is 5.02 Å². The average molecular weight is 347 g/mol. The van der Waals surface area contributed by atoms with Crippen molar-refractivity contribution < 1.29 is 22.0 Å². The number of rotatable bonds is 4. The van der Waals surface area contributed by atoms with Gasteiger partial charge < -0.3 is 5.73 Å². The number of primary amides is 1. The summed E-state index contributed by atoms with van der Waals surface area (Å²) < 4.78 is 52.3. The van der Waals surface area contributed by atoms with Crippen molar-refractivity contribution in [2.24, 2.45) is 5.73 Å². The Morgan fingerprint density at radius 3 is 2.36 bits per heavy atom. The van der Waals surface area contributed by atoms with Gasteiger partial charge in [-0.05, 0) is 36.4 Å². The van der Waals surface area contributed by atoms with Crippen molar-refractivity contribution in [2.45, 2.75) is 4.90 Å². The zero-order valence-electron chi connectivity index (χ0n) is 10.8. The van der Waals surface area contributed by atoms with E-state index in [4.69, 9.17) is 17.3 Å². The Bertz CT molecular complexity index is 856. The molecule has 0 unspecified atom stereocenters. The Hall–Kier alpha value is -2.19. The minimum absolute atomic E-state index is 0.0103. The first-order valence-electron chi connectivity index (χ1n) is 5.78. The Kier molecular flexibility index (Phi) is 4.34. The maximum atomic E-state index is 13.1. The molecule has 0 radical (unpaired) electrons. The first kappa shape index (κ1) is 16.2. The summed E-state index contributed by atoms with van der Waals surface area (Å²) in [6.07, 6.45) is 0. The highest BCUT2D eigenvalue weighted by molar-refractivity contribution is 7.92. The van der Waals surface area contributed by atoms with E-state index in [1.807, 2.05) is 0 Å². The molecule has 1 amide bonds. The summed E-state index contributed by atoms with van der Waals surface area (Å²) in [5.74, 6) is -3.25. The standard InChI is InChI=1S/C13H9ClF2N2O3S/c14-9-3-1-7(13(17)19)5-12(9)18-22(20,21)8-2-4-10(15)11(16)6-8/h1-6,18H,(H2,17,19). The van der Waals surface area contributed by atoms with Crippen LogP contribution >= 0.6 is 11.6 Å². The zero-order chi connectivity index (χ0) is 16.5. The first-order valence-corrected chi connectivity index (χ1v) is 7.64. The molecule has 0 spiro atoms. The number of benzene rings is 2. The summed E-state index contributed by atoms with van der Waals surface area (Å²) >= 11 is 5.84. The van der Waals surface area contributed by atoms with Gasteiger partial charge in [-0.3, -0.25) is 9.52 Å². The predicted octanol–water partition coefficient (Wildman–Crippen LogP) is 2.52. The van der Waals surface area contributed by atoms with Gasteiger partial charge in [-0.1, -0.05) is 11.6 Å². The third-order valence-electron chi connectivity index (χ3n) is 2.70. The normalized spacial score (nSPS) is 11.2. The molecule has 0 aliphatic rings. The number of halogens is 3. The molecular formula is C13H9ClF2N2O3S. The van der Waals surface area contributed by atoms with Gasteiger partial charge in [-0.25, -0.2) is 17.2 Å². The Labute approximate surface area is 129 Å². The second kappa shape index (κ2) is 5.90. The lowest BCUT2D eigenvalue weighted by molar-refractivity contribution is 0.100. The molecule has 0 atom stereocenters. The quantitative estimate of drug-likeness (QED) is 0.891. The van der Waals surface area contributed by atoms with Crippen molar-refractivity contribution in [3.8, 4) is 0 Å². The first-order chi connectivity index (χ1) is 10.2. The van der Waals surface area contributed by atoms with E-state index in [0.29, 0.717) is 12.1 Å². The van der Waals surface area contributed by atoms with Gasteiger partial charge in [0.15, 0.2) is 11.6 Å². The smallest absolute Gasteiger partial charge is 0.262 e. The summed E-state index contributed by atoms with van der Waals surface area (Å²) in [4.78, 5) is 10.6. The molecule has 0 aliphatic heterocycles. The van der Waals surface area contributed by atoms with E-state index < -0.39 is 32.5 Å². The van der Waals surface area contributed by atoms with Crippen molar-refractivity contribution >= 4 is 33.2 Å². The number of nitrogens with two attached hydrogens (primary N) is 1. The monoisotopic (exact) mass is 346 g/mol. The van der Waals surface area contributed by atoms with Crippen molar-refractivity contribution in [3.63, 3.8) is 0 Å². The molecule has 0 saturated heterocycles. The van der Waals surface area contributed by atoms with E-state index in [-0.39, 0.29) is 16.3 Å². The minimum Gasteiger partial charge on any atom is -0.366 e. The number of amides is 1. The van der Waals surface area contributed by atoms with Crippen LogP contribution in [0.5, 0.6) is 0 Å². The zero-order valence-corrected chi connectivity index (χ0v) is 12.4. The van der Waals surface area contributed by atoms with Gasteiger partial charge in [-0.2, -0.15) is 0 Å². The number of nitrogens with one attached hydrogen (secondary N) is 1. The Morgan fingerprint density at radius 2 is 1.77 bits per heavy atom. The fourth-order valence-corrected chi connectivity index (χ4v) is 2.91. The van der Waals surface area contributed by atoms with Gasteiger partial charge in [-0.15, -0.1) is 0 Å². The number of anilines is 1. The van der Waals surface area contributed by atoms with Gasteiger partial charge in [0.05, 0.1) is 15.6 Å². The lowest BCUT2D eigenvalue weighted by atomic mass is 10.2. The number of sulfonamides is 1. The van der Waals surface area contributed by atoms with E-state index in [1.54, 1.807) is 0 Å². The molecule has 2 aromatic rings. The molecular weight excluding hydrogens is 338 g/mol. The summed E-state index contributed by atoms with van der Waals surface area (Å²) in [6, 6.07) is 5.86. The number of hydrogen-bond acceptors (Lipinski definition) is 3. The van der Waals surface area contributed by atoms with Crippen molar-refractivity contribution in [2.75, 3.05) is 4.72 Å². The molecule has 22 heavy (non-hydrogen) atoms. The molecule has 0 aliphatic carbocycles. The van der Waals surface area contributed by atoms with Gasteiger partial charge in [0.1, 0.15) is 0 Å². The fraction of sp³-hybridized carbons (Fsp3) is 0. The van der Waals surface area contributed by atoms with E-state index in [2.05, 4.69) is 4.72 Å². The third kappa shape index (κ3) is 3.34. The molecule has 5 nitrogen and oxygen atoms in total.